The molecule has 2 rings (SSSR count). The monoisotopic (exact) mass is 270 g/mol. The van der Waals surface area contributed by atoms with Crippen molar-refractivity contribution in [2.75, 3.05) is 39.3 Å². The van der Waals surface area contributed by atoms with Crippen LogP contribution in [0.2, 0.25) is 0 Å². The second-order valence-corrected chi connectivity index (χ2v) is 6.45. The Labute approximate surface area is 117 Å². The summed E-state index contributed by atoms with van der Waals surface area (Å²) in [5, 5.41) is 3.50. The summed E-state index contributed by atoms with van der Waals surface area (Å²) in [6, 6.07) is 0. The van der Waals surface area contributed by atoms with Crippen molar-refractivity contribution in [2.24, 2.45) is 5.92 Å². The second-order valence-electron chi connectivity index (χ2n) is 6.45. The first kappa shape index (κ1) is 15.2. The van der Waals surface area contributed by atoms with Crippen molar-refractivity contribution >= 4 is 0 Å². The minimum absolute atomic E-state index is 0.374. The van der Waals surface area contributed by atoms with Gasteiger partial charge < -0.3 is 14.8 Å². The van der Waals surface area contributed by atoms with E-state index in [4.69, 9.17) is 9.47 Å². The first-order valence-corrected chi connectivity index (χ1v) is 7.83. The molecule has 0 aromatic carbocycles. The molecule has 4 heteroatoms. The molecule has 3 unspecified atom stereocenters. The lowest BCUT2D eigenvalue weighted by molar-refractivity contribution is -0.0423. The normalized spacial score (nSPS) is 33.2. The van der Waals surface area contributed by atoms with Crippen LogP contribution in [-0.2, 0) is 9.47 Å². The van der Waals surface area contributed by atoms with E-state index < -0.39 is 0 Å². The highest BCUT2D eigenvalue weighted by atomic mass is 16.5. The predicted molar refractivity (Wildman–Crippen MR) is 77.5 cm³/mol. The highest BCUT2D eigenvalue weighted by molar-refractivity contribution is 4.79. The van der Waals surface area contributed by atoms with Crippen LogP contribution < -0.4 is 5.32 Å². The van der Waals surface area contributed by atoms with Gasteiger partial charge in [0, 0.05) is 26.2 Å². The average Bonchev–Trinajstić information content (AvgIpc) is 2.76. The largest absolute Gasteiger partial charge is 0.376 e. The molecule has 2 saturated heterocycles. The van der Waals surface area contributed by atoms with E-state index in [9.17, 15) is 0 Å². The van der Waals surface area contributed by atoms with Gasteiger partial charge in [-0.3, -0.25) is 4.90 Å². The fourth-order valence-corrected chi connectivity index (χ4v) is 2.94. The van der Waals surface area contributed by atoms with Crippen molar-refractivity contribution in [3.05, 3.63) is 0 Å². The van der Waals surface area contributed by atoms with Crippen LogP contribution in [0.5, 0.6) is 0 Å². The van der Waals surface area contributed by atoms with Gasteiger partial charge in [0.2, 0.25) is 0 Å². The third kappa shape index (κ3) is 5.38. The molecule has 0 amide bonds. The molecule has 2 aliphatic heterocycles. The Hall–Kier alpha value is -0.160. The molecule has 2 aliphatic rings. The first-order chi connectivity index (χ1) is 9.13. The quantitative estimate of drug-likeness (QED) is 0.793. The van der Waals surface area contributed by atoms with E-state index in [1.165, 1.54) is 12.8 Å². The molecule has 0 spiro atoms. The number of morpholine rings is 1. The van der Waals surface area contributed by atoms with Crippen molar-refractivity contribution in [3.63, 3.8) is 0 Å². The lowest BCUT2D eigenvalue weighted by Crippen LogP contribution is -2.44. The molecule has 112 valence electrons. The van der Waals surface area contributed by atoms with Crippen LogP contribution >= 0.6 is 0 Å². The zero-order valence-electron chi connectivity index (χ0n) is 12.7. The van der Waals surface area contributed by atoms with Gasteiger partial charge in [-0.2, -0.15) is 0 Å². The number of nitrogens with zero attached hydrogens (tertiary/aromatic N) is 1. The van der Waals surface area contributed by atoms with Gasteiger partial charge in [0.1, 0.15) is 0 Å². The van der Waals surface area contributed by atoms with Gasteiger partial charge in [0.15, 0.2) is 0 Å². The molecule has 0 aromatic heterocycles. The van der Waals surface area contributed by atoms with Crippen LogP contribution in [0.25, 0.3) is 0 Å². The molecule has 2 heterocycles. The summed E-state index contributed by atoms with van der Waals surface area (Å²) in [5.74, 6) is 0.715. The summed E-state index contributed by atoms with van der Waals surface area (Å²) >= 11 is 0. The molecule has 0 aromatic rings. The number of ether oxygens (including phenoxy) is 2. The molecule has 1 N–H and O–H groups in total. The van der Waals surface area contributed by atoms with E-state index in [1.807, 2.05) is 0 Å². The summed E-state index contributed by atoms with van der Waals surface area (Å²) in [6.07, 6.45) is 3.63. The topological polar surface area (TPSA) is 33.7 Å². The van der Waals surface area contributed by atoms with Gasteiger partial charge in [-0.15, -0.1) is 0 Å². The van der Waals surface area contributed by atoms with Crippen LogP contribution in [0.3, 0.4) is 0 Å². The molecule has 4 nitrogen and oxygen atoms in total. The summed E-state index contributed by atoms with van der Waals surface area (Å²) in [7, 11) is 0. The molecular formula is C15H30N2O2. The van der Waals surface area contributed by atoms with Crippen molar-refractivity contribution in [2.45, 2.75) is 51.9 Å². The zero-order valence-corrected chi connectivity index (χ0v) is 12.7. The van der Waals surface area contributed by atoms with Gasteiger partial charge >= 0.3 is 0 Å². The standard InChI is InChI=1S/C15H30N2O2/c1-12(2)8-16-9-14-4-5-15(19-14)11-17-6-7-18-13(3)10-17/h12-16H,4-11H2,1-3H3. The van der Waals surface area contributed by atoms with E-state index in [-0.39, 0.29) is 0 Å². The first-order valence-electron chi connectivity index (χ1n) is 7.83. The Balaban J connectivity index is 1.61. The molecule has 19 heavy (non-hydrogen) atoms. The number of rotatable bonds is 6. The Morgan fingerprint density at radius 2 is 2.05 bits per heavy atom. The summed E-state index contributed by atoms with van der Waals surface area (Å²) < 4.78 is 11.7. The maximum Gasteiger partial charge on any atom is 0.0707 e. The summed E-state index contributed by atoms with van der Waals surface area (Å²) in [4.78, 5) is 2.49. The van der Waals surface area contributed by atoms with Crippen molar-refractivity contribution in [3.8, 4) is 0 Å². The third-order valence-electron chi connectivity index (χ3n) is 3.91. The zero-order chi connectivity index (χ0) is 13.7. The Morgan fingerprint density at radius 1 is 1.26 bits per heavy atom. The molecule has 3 atom stereocenters. The minimum atomic E-state index is 0.374. The van der Waals surface area contributed by atoms with E-state index in [2.05, 4.69) is 31.0 Å². The fraction of sp³-hybridized carbons (Fsp3) is 1.00. The Morgan fingerprint density at radius 3 is 2.79 bits per heavy atom. The predicted octanol–water partition coefficient (Wildman–Crippen LogP) is 1.50. The van der Waals surface area contributed by atoms with Crippen LogP contribution in [0.1, 0.15) is 33.6 Å². The van der Waals surface area contributed by atoms with E-state index in [0.29, 0.717) is 24.2 Å². The maximum atomic E-state index is 6.14. The van der Waals surface area contributed by atoms with Crippen LogP contribution in [-0.4, -0.2) is 62.5 Å². The molecular weight excluding hydrogens is 240 g/mol. The summed E-state index contributed by atoms with van der Waals surface area (Å²) in [6.45, 7) is 12.8. The van der Waals surface area contributed by atoms with Gasteiger partial charge in [-0.25, -0.2) is 0 Å². The summed E-state index contributed by atoms with van der Waals surface area (Å²) in [5.41, 5.74) is 0. The minimum Gasteiger partial charge on any atom is -0.376 e. The van der Waals surface area contributed by atoms with E-state index >= 15 is 0 Å². The highest BCUT2D eigenvalue weighted by Gasteiger charge is 2.28. The lowest BCUT2D eigenvalue weighted by atomic mass is 10.1. The second kappa shape index (κ2) is 7.58. The molecule has 0 saturated carbocycles. The van der Waals surface area contributed by atoms with Crippen molar-refractivity contribution in [1.82, 2.24) is 10.2 Å². The molecule has 0 bridgehead atoms. The number of hydrogen-bond donors (Lipinski definition) is 1. The SMILES string of the molecule is CC(C)CNCC1CCC(CN2CCOC(C)C2)O1. The number of nitrogens with one attached hydrogen (secondary N) is 1. The lowest BCUT2D eigenvalue weighted by Gasteiger charge is -2.32. The maximum absolute atomic E-state index is 6.14. The molecule has 0 aliphatic carbocycles. The van der Waals surface area contributed by atoms with Crippen LogP contribution in [0, 0.1) is 5.92 Å². The van der Waals surface area contributed by atoms with Gasteiger partial charge in [-0.05, 0) is 32.2 Å². The van der Waals surface area contributed by atoms with Crippen molar-refractivity contribution < 1.29 is 9.47 Å². The van der Waals surface area contributed by atoms with E-state index in [0.717, 1.165) is 39.3 Å². The van der Waals surface area contributed by atoms with Gasteiger partial charge in [0.05, 0.1) is 24.9 Å². The van der Waals surface area contributed by atoms with Gasteiger partial charge in [0.25, 0.3) is 0 Å². The highest BCUT2D eigenvalue weighted by Crippen LogP contribution is 2.21. The van der Waals surface area contributed by atoms with E-state index in [1.54, 1.807) is 0 Å². The number of hydrogen-bond acceptors (Lipinski definition) is 4. The fourth-order valence-electron chi connectivity index (χ4n) is 2.94. The smallest absolute Gasteiger partial charge is 0.0707 e. The van der Waals surface area contributed by atoms with Gasteiger partial charge in [-0.1, -0.05) is 13.8 Å². The van der Waals surface area contributed by atoms with Crippen LogP contribution in [0.15, 0.2) is 0 Å². The third-order valence-corrected chi connectivity index (χ3v) is 3.91. The average molecular weight is 270 g/mol. The van der Waals surface area contributed by atoms with Crippen LogP contribution in [0.4, 0.5) is 0 Å². The van der Waals surface area contributed by atoms with Crippen molar-refractivity contribution in [1.29, 1.82) is 0 Å². The Bertz CT molecular complexity index is 261. The molecule has 2 fully saturated rings. The Kier molecular flexibility index (Phi) is 6.07. The molecule has 0 radical (unpaired) electrons.